The van der Waals surface area contributed by atoms with Gasteiger partial charge in [0.1, 0.15) is 17.2 Å². The number of rotatable bonds is 12. The smallest absolute Gasteiger partial charge is 0.247 e. The SMILES string of the molecule is C=CC(=O)Nc1cc(Nc2nccc(-c3ccccc3Oc3cccc(C)c3)n2)c(OC)cc1N(C)CCN(C)C. The first kappa shape index (κ1) is 29.1. The summed E-state index contributed by atoms with van der Waals surface area (Å²) in [6, 6.07) is 21.2. The van der Waals surface area contributed by atoms with Crippen LogP contribution in [-0.2, 0) is 4.79 Å². The van der Waals surface area contributed by atoms with Crippen molar-refractivity contribution < 1.29 is 14.3 Å². The largest absolute Gasteiger partial charge is 0.494 e. The van der Waals surface area contributed by atoms with Crippen LogP contribution in [0.15, 0.2) is 85.6 Å². The monoisotopic (exact) mass is 552 g/mol. The summed E-state index contributed by atoms with van der Waals surface area (Å²) in [6.07, 6.45) is 2.92. The first-order valence-corrected chi connectivity index (χ1v) is 13.2. The number of anilines is 4. The molecule has 0 fully saturated rings. The summed E-state index contributed by atoms with van der Waals surface area (Å²) in [5, 5.41) is 6.18. The van der Waals surface area contributed by atoms with Crippen LogP contribution in [0.5, 0.6) is 17.2 Å². The zero-order chi connectivity index (χ0) is 29.4. The lowest BCUT2D eigenvalue weighted by Crippen LogP contribution is -2.29. The Bertz CT molecular complexity index is 1520. The number of carbonyl (C=O) groups is 1. The van der Waals surface area contributed by atoms with Crippen LogP contribution in [0.3, 0.4) is 0 Å². The van der Waals surface area contributed by atoms with Crippen LogP contribution in [0.2, 0.25) is 0 Å². The van der Waals surface area contributed by atoms with Gasteiger partial charge in [-0.3, -0.25) is 4.79 Å². The standard InChI is InChI=1S/C32H36N6O3/c1-7-31(39)34-26-20-27(30(40-6)21-28(26)38(5)18-17-37(3)4)36-32-33-16-15-25(35-32)24-13-8-9-14-29(24)41-23-12-10-11-22(2)19-23/h7-16,19-21H,1,17-18H2,2-6H3,(H,34,39)(H,33,35,36). The van der Waals surface area contributed by atoms with E-state index in [1.165, 1.54) is 6.08 Å². The Morgan fingerprint density at radius 3 is 2.51 bits per heavy atom. The minimum atomic E-state index is -0.313. The van der Waals surface area contributed by atoms with Crippen molar-refractivity contribution in [1.82, 2.24) is 14.9 Å². The molecule has 4 aromatic rings. The van der Waals surface area contributed by atoms with Gasteiger partial charge in [0, 0.05) is 38.0 Å². The van der Waals surface area contributed by atoms with Crippen molar-refractivity contribution >= 4 is 28.9 Å². The van der Waals surface area contributed by atoms with Gasteiger partial charge in [-0.25, -0.2) is 9.97 Å². The van der Waals surface area contributed by atoms with Crippen LogP contribution in [0.4, 0.5) is 23.0 Å². The molecule has 1 aromatic heterocycles. The third kappa shape index (κ3) is 7.61. The van der Waals surface area contributed by atoms with E-state index >= 15 is 0 Å². The molecule has 0 saturated heterocycles. The fourth-order valence-electron chi connectivity index (χ4n) is 4.17. The lowest BCUT2D eigenvalue weighted by Gasteiger charge is -2.26. The summed E-state index contributed by atoms with van der Waals surface area (Å²) in [5.41, 5.74) is 4.63. The lowest BCUT2D eigenvalue weighted by atomic mass is 10.1. The third-order valence-corrected chi connectivity index (χ3v) is 6.34. The number of methoxy groups -OCH3 is 1. The molecule has 4 rings (SSSR count). The van der Waals surface area contributed by atoms with E-state index < -0.39 is 0 Å². The molecule has 9 heteroatoms. The number of benzene rings is 3. The van der Waals surface area contributed by atoms with E-state index in [1.807, 2.05) is 94.8 Å². The van der Waals surface area contributed by atoms with Crippen molar-refractivity contribution in [1.29, 1.82) is 0 Å². The average molecular weight is 553 g/mol. The number of aryl methyl sites for hydroxylation is 1. The van der Waals surface area contributed by atoms with Crippen molar-refractivity contribution in [3.63, 3.8) is 0 Å². The summed E-state index contributed by atoms with van der Waals surface area (Å²) in [6.45, 7) is 7.20. The molecule has 0 aliphatic carbocycles. The first-order valence-electron chi connectivity index (χ1n) is 13.2. The third-order valence-electron chi connectivity index (χ3n) is 6.34. The Morgan fingerprint density at radius 1 is 0.976 bits per heavy atom. The number of nitrogens with zero attached hydrogens (tertiary/aromatic N) is 4. The van der Waals surface area contributed by atoms with Crippen LogP contribution in [0.1, 0.15) is 5.56 Å². The number of carbonyl (C=O) groups excluding carboxylic acids is 1. The molecule has 1 amide bonds. The van der Waals surface area contributed by atoms with E-state index in [-0.39, 0.29) is 5.91 Å². The second-order valence-corrected chi connectivity index (χ2v) is 9.79. The number of para-hydroxylation sites is 1. The number of likely N-dealkylation sites (N-methyl/N-ethyl adjacent to an activating group) is 2. The maximum atomic E-state index is 12.3. The first-order chi connectivity index (χ1) is 19.8. The number of ether oxygens (including phenoxy) is 2. The van der Waals surface area contributed by atoms with Gasteiger partial charge in [-0.1, -0.05) is 30.8 Å². The van der Waals surface area contributed by atoms with Gasteiger partial charge in [-0.05, 0) is 69.1 Å². The number of nitrogens with one attached hydrogen (secondary N) is 2. The predicted octanol–water partition coefficient (Wildman–Crippen LogP) is 6.12. The van der Waals surface area contributed by atoms with Crippen LogP contribution in [0.25, 0.3) is 11.3 Å². The molecule has 0 aliphatic heterocycles. The number of hydrogen-bond acceptors (Lipinski definition) is 8. The van der Waals surface area contributed by atoms with Gasteiger partial charge in [-0.15, -0.1) is 0 Å². The highest BCUT2D eigenvalue weighted by Crippen LogP contribution is 2.38. The minimum Gasteiger partial charge on any atom is -0.494 e. The van der Waals surface area contributed by atoms with Gasteiger partial charge in [0.05, 0.1) is 29.9 Å². The maximum absolute atomic E-state index is 12.3. The predicted molar refractivity (Wildman–Crippen MR) is 166 cm³/mol. The van der Waals surface area contributed by atoms with Crippen molar-refractivity contribution in [3.05, 3.63) is 91.1 Å². The molecule has 0 spiro atoms. The maximum Gasteiger partial charge on any atom is 0.247 e. The zero-order valence-electron chi connectivity index (χ0n) is 24.1. The lowest BCUT2D eigenvalue weighted by molar-refractivity contribution is -0.111. The number of amides is 1. The van der Waals surface area contributed by atoms with Crippen LogP contribution < -0.4 is 25.0 Å². The normalized spacial score (nSPS) is 10.7. The van der Waals surface area contributed by atoms with E-state index in [9.17, 15) is 4.79 Å². The van der Waals surface area contributed by atoms with Crippen LogP contribution in [-0.4, -0.2) is 62.1 Å². The molecular weight excluding hydrogens is 516 g/mol. The zero-order valence-corrected chi connectivity index (χ0v) is 24.1. The Hall–Kier alpha value is -4.89. The van der Waals surface area contributed by atoms with Gasteiger partial charge in [0.25, 0.3) is 0 Å². The van der Waals surface area contributed by atoms with Crippen molar-refractivity contribution in [2.45, 2.75) is 6.92 Å². The fourth-order valence-corrected chi connectivity index (χ4v) is 4.17. The Labute approximate surface area is 241 Å². The molecule has 41 heavy (non-hydrogen) atoms. The molecule has 212 valence electrons. The summed E-state index contributed by atoms with van der Waals surface area (Å²) >= 11 is 0. The molecule has 0 aliphatic rings. The summed E-state index contributed by atoms with van der Waals surface area (Å²) in [5.74, 6) is 2.05. The Kier molecular flexibility index (Phi) is 9.55. The Morgan fingerprint density at radius 2 is 1.78 bits per heavy atom. The van der Waals surface area contributed by atoms with Crippen LogP contribution in [0, 0.1) is 6.92 Å². The van der Waals surface area contributed by atoms with Crippen molar-refractivity contribution in [2.24, 2.45) is 0 Å². The molecule has 3 aromatic carbocycles. The number of hydrogen-bond donors (Lipinski definition) is 2. The molecule has 0 atom stereocenters. The minimum absolute atomic E-state index is 0.313. The molecule has 1 heterocycles. The number of aromatic nitrogens is 2. The average Bonchev–Trinajstić information content (AvgIpc) is 2.96. The molecule has 2 N–H and O–H groups in total. The molecule has 0 bridgehead atoms. The second-order valence-electron chi connectivity index (χ2n) is 9.79. The second kappa shape index (κ2) is 13.5. The fraction of sp³-hybridized carbons (Fsp3) is 0.219. The van der Waals surface area contributed by atoms with E-state index in [4.69, 9.17) is 14.5 Å². The molecule has 0 unspecified atom stereocenters. The van der Waals surface area contributed by atoms with Crippen LogP contribution >= 0.6 is 0 Å². The molecule has 0 saturated carbocycles. The molecular formula is C32H36N6O3. The summed E-state index contributed by atoms with van der Waals surface area (Å²) in [4.78, 5) is 25.7. The van der Waals surface area contributed by atoms with Gasteiger partial charge >= 0.3 is 0 Å². The van der Waals surface area contributed by atoms with Gasteiger partial charge < -0.3 is 29.9 Å². The summed E-state index contributed by atoms with van der Waals surface area (Å²) < 4.78 is 11.9. The van der Waals surface area contributed by atoms with Crippen molar-refractivity contribution in [2.75, 3.05) is 56.9 Å². The highest BCUT2D eigenvalue weighted by Gasteiger charge is 2.17. The van der Waals surface area contributed by atoms with E-state index in [2.05, 4.69) is 32.0 Å². The highest BCUT2D eigenvalue weighted by atomic mass is 16.5. The highest BCUT2D eigenvalue weighted by molar-refractivity contribution is 6.02. The quantitative estimate of drug-likeness (QED) is 0.203. The van der Waals surface area contributed by atoms with Gasteiger partial charge in [0.2, 0.25) is 11.9 Å². The van der Waals surface area contributed by atoms with Gasteiger partial charge in [0.15, 0.2) is 0 Å². The van der Waals surface area contributed by atoms with Crippen molar-refractivity contribution in [3.8, 4) is 28.5 Å². The molecule has 9 nitrogen and oxygen atoms in total. The summed E-state index contributed by atoms with van der Waals surface area (Å²) in [7, 11) is 7.60. The van der Waals surface area contributed by atoms with Gasteiger partial charge in [-0.2, -0.15) is 0 Å². The van der Waals surface area contributed by atoms with E-state index in [1.54, 1.807) is 13.3 Å². The van der Waals surface area contributed by atoms with E-state index in [0.29, 0.717) is 34.5 Å². The molecule has 0 radical (unpaired) electrons. The Balaban J connectivity index is 1.67. The topological polar surface area (TPSA) is 91.8 Å². The van der Waals surface area contributed by atoms with E-state index in [0.717, 1.165) is 35.7 Å².